The van der Waals surface area contributed by atoms with Crippen LogP contribution in [0.3, 0.4) is 0 Å². The van der Waals surface area contributed by atoms with Crippen molar-refractivity contribution < 1.29 is 5.21 Å². The number of hydrogen-bond donors (Lipinski definition) is 3. The summed E-state index contributed by atoms with van der Waals surface area (Å²) in [7, 11) is 1.69. The summed E-state index contributed by atoms with van der Waals surface area (Å²) >= 11 is 0. The summed E-state index contributed by atoms with van der Waals surface area (Å²) in [4.78, 5) is 24.9. The molecule has 0 amide bonds. The van der Waals surface area contributed by atoms with Gasteiger partial charge in [-0.3, -0.25) is 20.0 Å². The van der Waals surface area contributed by atoms with Crippen molar-refractivity contribution in [1.29, 1.82) is 0 Å². The second-order valence-corrected chi connectivity index (χ2v) is 5.00. The molecule has 1 heterocycles. The van der Waals surface area contributed by atoms with Gasteiger partial charge in [0.2, 0.25) is 0 Å². The monoisotopic (exact) mass is 288 g/mol. The first-order chi connectivity index (χ1) is 10.2. The number of hydrogen-bond acceptors (Lipinski definition) is 5. The Labute approximate surface area is 120 Å². The van der Waals surface area contributed by atoms with Gasteiger partial charge in [0.15, 0.2) is 0 Å². The Bertz CT molecular complexity index is 790. The molecule has 0 saturated heterocycles. The fraction of sp³-hybridized carbons (Fsp3) is 0.286. The van der Waals surface area contributed by atoms with Gasteiger partial charge >= 0.3 is 5.69 Å². The Kier molecular flexibility index (Phi) is 3.26. The lowest BCUT2D eigenvalue weighted by molar-refractivity contribution is 0.389. The molecule has 110 valence electrons. The molecule has 7 nitrogen and oxygen atoms in total. The molecular formula is C14H16N4O3. The van der Waals surface area contributed by atoms with Crippen molar-refractivity contribution in [2.24, 2.45) is 0 Å². The van der Waals surface area contributed by atoms with Crippen LogP contribution >= 0.6 is 0 Å². The maximum atomic E-state index is 12.7. The third-order valence-electron chi connectivity index (χ3n) is 3.54. The van der Waals surface area contributed by atoms with Crippen LogP contribution in [0.5, 0.6) is 0 Å². The van der Waals surface area contributed by atoms with Gasteiger partial charge in [-0.2, -0.15) is 0 Å². The molecule has 1 fully saturated rings. The lowest BCUT2D eigenvalue weighted by Crippen LogP contribution is -2.39. The van der Waals surface area contributed by atoms with E-state index in [0.717, 1.165) is 17.4 Å². The van der Waals surface area contributed by atoms with E-state index in [1.807, 2.05) is 5.48 Å². The summed E-state index contributed by atoms with van der Waals surface area (Å²) in [5, 5.41) is 11.8. The highest BCUT2D eigenvalue weighted by Gasteiger charge is 2.28. The second-order valence-electron chi connectivity index (χ2n) is 5.00. The molecule has 1 saturated carbocycles. The maximum absolute atomic E-state index is 12.7. The molecule has 2 aromatic rings. The van der Waals surface area contributed by atoms with Gasteiger partial charge in [0.05, 0.1) is 11.4 Å². The van der Waals surface area contributed by atoms with Gasteiger partial charge in [0.25, 0.3) is 5.56 Å². The molecule has 1 aliphatic rings. The van der Waals surface area contributed by atoms with Gasteiger partial charge in [0.1, 0.15) is 5.82 Å². The first-order valence-electron chi connectivity index (χ1n) is 6.72. The Morgan fingerprint density at radius 3 is 2.62 bits per heavy atom. The summed E-state index contributed by atoms with van der Waals surface area (Å²) in [6.07, 6.45) is 1.87. The molecule has 1 aliphatic carbocycles. The lowest BCUT2D eigenvalue weighted by atomic mass is 10.3. The third kappa shape index (κ3) is 2.31. The van der Waals surface area contributed by atoms with Crippen LogP contribution in [0.4, 0.5) is 11.5 Å². The third-order valence-corrected chi connectivity index (χ3v) is 3.54. The van der Waals surface area contributed by atoms with Crippen LogP contribution in [0.1, 0.15) is 18.9 Å². The fourth-order valence-corrected chi connectivity index (χ4v) is 2.39. The van der Waals surface area contributed by atoms with Crippen LogP contribution in [0.2, 0.25) is 0 Å². The van der Waals surface area contributed by atoms with E-state index in [2.05, 4.69) is 5.32 Å². The normalized spacial score (nSPS) is 14.0. The van der Waals surface area contributed by atoms with E-state index in [4.69, 9.17) is 5.21 Å². The van der Waals surface area contributed by atoms with Gasteiger partial charge in [-0.05, 0) is 31.0 Å². The number of rotatable bonds is 4. The summed E-state index contributed by atoms with van der Waals surface area (Å²) < 4.78 is 2.72. The molecule has 0 bridgehead atoms. The van der Waals surface area contributed by atoms with E-state index < -0.39 is 5.56 Å². The Hall–Kier alpha value is -2.54. The molecule has 3 rings (SSSR count). The van der Waals surface area contributed by atoms with Crippen LogP contribution in [-0.2, 0) is 0 Å². The number of nitrogens with one attached hydrogen (secondary N) is 2. The summed E-state index contributed by atoms with van der Waals surface area (Å²) in [5.41, 5.74) is 2.06. The second kappa shape index (κ2) is 5.10. The molecule has 1 aromatic heterocycles. The predicted molar refractivity (Wildman–Crippen MR) is 79.5 cm³/mol. The van der Waals surface area contributed by atoms with Crippen molar-refractivity contribution in [2.45, 2.75) is 18.9 Å². The predicted octanol–water partition coefficient (Wildman–Crippen LogP) is 1.18. The van der Waals surface area contributed by atoms with Crippen LogP contribution in [0.15, 0.2) is 39.9 Å². The van der Waals surface area contributed by atoms with Crippen molar-refractivity contribution in [2.75, 3.05) is 17.8 Å². The van der Waals surface area contributed by atoms with E-state index in [-0.39, 0.29) is 11.7 Å². The molecule has 1 aromatic carbocycles. The molecule has 3 N–H and O–H groups in total. The van der Waals surface area contributed by atoms with Crippen LogP contribution in [0.25, 0.3) is 5.69 Å². The lowest BCUT2D eigenvalue weighted by Gasteiger charge is -2.14. The fourth-order valence-electron chi connectivity index (χ4n) is 2.39. The SMILES string of the molecule is CNc1cc(=O)n(-c2cccc(NO)c2)c(=O)n1C1CC1. The molecule has 0 radical (unpaired) electrons. The van der Waals surface area contributed by atoms with E-state index in [9.17, 15) is 9.59 Å². The first kappa shape index (κ1) is 13.4. The molecule has 0 atom stereocenters. The van der Waals surface area contributed by atoms with Gasteiger partial charge in [-0.1, -0.05) is 6.07 Å². The first-order valence-corrected chi connectivity index (χ1v) is 6.72. The van der Waals surface area contributed by atoms with Crippen LogP contribution < -0.4 is 22.0 Å². The van der Waals surface area contributed by atoms with E-state index >= 15 is 0 Å². The minimum atomic E-state index is -0.406. The largest absolute Gasteiger partial charge is 0.374 e. The minimum absolute atomic E-state index is 0.144. The van der Waals surface area contributed by atoms with Crippen molar-refractivity contribution in [3.05, 3.63) is 51.2 Å². The number of nitrogens with zero attached hydrogens (tertiary/aromatic N) is 2. The number of aromatic nitrogens is 2. The topological polar surface area (TPSA) is 88.3 Å². The van der Waals surface area contributed by atoms with Crippen molar-refractivity contribution in [3.63, 3.8) is 0 Å². The van der Waals surface area contributed by atoms with E-state index in [1.165, 1.54) is 6.07 Å². The summed E-state index contributed by atoms with van der Waals surface area (Å²) in [6, 6.07) is 8.05. The zero-order valence-electron chi connectivity index (χ0n) is 11.5. The zero-order chi connectivity index (χ0) is 15.0. The van der Waals surface area contributed by atoms with Gasteiger partial charge in [0, 0.05) is 19.2 Å². The Morgan fingerprint density at radius 2 is 2.00 bits per heavy atom. The highest BCUT2D eigenvalue weighted by molar-refractivity contribution is 5.50. The van der Waals surface area contributed by atoms with Gasteiger partial charge < -0.3 is 5.32 Å². The molecular weight excluding hydrogens is 272 g/mol. The van der Waals surface area contributed by atoms with Crippen molar-refractivity contribution >= 4 is 11.5 Å². The highest BCUT2D eigenvalue weighted by Crippen LogP contribution is 2.35. The highest BCUT2D eigenvalue weighted by atomic mass is 16.5. The number of benzene rings is 1. The van der Waals surface area contributed by atoms with Crippen molar-refractivity contribution in [3.8, 4) is 5.69 Å². The Balaban J connectivity index is 2.25. The molecule has 0 spiro atoms. The van der Waals surface area contributed by atoms with Gasteiger partial charge in [-0.15, -0.1) is 0 Å². The Morgan fingerprint density at radius 1 is 1.24 bits per heavy atom. The van der Waals surface area contributed by atoms with Crippen LogP contribution in [0, 0.1) is 0 Å². The standard InChI is InChI=1S/C14H16N4O3/c1-15-12-8-13(19)18(14(20)17(12)10-5-6-10)11-4-2-3-9(7-11)16-21/h2-4,7-8,10,15-16,21H,5-6H2,1H3. The molecule has 7 heteroatoms. The van der Waals surface area contributed by atoms with E-state index in [0.29, 0.717) is 17.2 Å². The zero-order valence-corrected chi connectivity index (χ0v) is 11.5. The van der Waals surface area contributed by atoms with E-state index in [1.54, 1.807) is 35.9 Å². The number of anilines is 2. The maximum Gasteiger partial charge on any atom is 0.337 e. The van der Waals surface area contributed by atoms with Gasteiger partial charge in [-0.25, -0.2) is 9.36 Å². The van der Waals surface area contributed by atoms with Crippen LogP contribution in [-0.4, -0.2) is 21.4 Å². The average molecular weight is 288 g/mol. The molecule has 21 heavy (non-hydrogen) atoms. The smallest absolute Gasteiger partial charge is 0.337 e. The molecule has 0 aliphatic heterocycles. The van der Waals surface area contributed by atoms with Crippen molar-refractivity contribution in [1.82, 2.24) is 9.13 Å². The average Bonchev–Trinajstić information content (AvgIpc) is 3.31. The quantitative estimate of drug-likeness (QED) is 0.735. The molecule has 0 unspecified atom stereocenters. The summed E-state index contributed by atoms with van der Waals surface area (Å²) in [6.45, 7) is 0. The summed E-state index contributed by atoms with van der Waals surface area (Å²) in [5.74, 6) is 0.528. The minimum Gasteiger partial charge on any atom is -0.374 e.